The molecule has 1 aromatic rings. The zero-order valence-corrected chi connectivity index (χ0v) is 7.70. The molecule has 0 bridgehead atoms. The van der Waals surface area contributed by atoms with Gasteiger partial charge in [-0.2, -0.15) is 0 Å². The number of carbonyl (C=O) groups excluding carboxylic acids is 1. The van der Waals surface area contributed by atoms with E-state index < -0.39 is 0 Å². The van der Waals surface area contributed by atoms with Gasteiger partial charge in [0, 0.05) is 19.0 Å². The van der Waals surface area contributed by atoms with Crippen LogP contribution in [0.3, 0.4) is 0 Å². The zero-order valence-electron chi connectivity index (χ0n) is 6.94. The Bertz CT molecular complexity index is 299. The van der Waals surface area contributed by atoms with E-state index in [0.717, 1.165) is 5.69 Å². The molecule has 0 spiro atoms. The first-order chi connectivity index (χ1) is 6.25. The third kappa shape index (κ3) is 1.83. The van der Waals surface area contributed by atoms with Crippen molar-refractivity contribution in [3.8, 4) is 0 Å². The third-order valence-corrected chi connectivity index (χ3v) is 2.30. The summed E-state index contributed by atoms with van der Waals surface area (Å²) in [5, 5.41) is 3.67. The molecule has 0 aromatic carbocycles. The number of likely N-dealkylation sites (tertiary alicyclic amines) is 1. The SMILES string of the molecule is O=C1CC(Cl)CN1Cc1ccon1. The van der Waals surface area contributed by atoms with Crippen LogP contribution in [-0.2, 0) is 11.3 Å². The van der Waals surface area contributed by atoms with Gasteiger partial charge in [0.05, 0.1) is 11.9 Å². The molecule has 2 heterocycles. The summed E-state index contributed by atoms with van der Waals surface area (Å²) in [6, 6.07) is 1.74. The fraction of sp³-hybridized carbons (Fsp3) is 0.500. The Kier molecular flexibility index (Phi) is 2.22. The summed E-state index contributed by atoms with van der Waals surface area (Å²) >= 11 is 5.84. The normalized spacial score (nSPS) is 22.7. The van der Waals surface area contributed by atoms with Gasteiger partial charge in [-0.05, 0) is 0 Å². The second-order valence-corrected chi connectivity index (χ2v) is 3.68. The van der Waals surface area contributed by atoms with Gasteiger partial charge in [-0.25, -0.2) is 0 Å². The molecule has 0 radical (unpaired) electrons. The van der Waals surface area contributed by atoms with E-state index in [0.29, 0.717) is 19.5 Å². The first-order valence-electron chi connectivity index (χ1n) is 4.07. The topological polar surface area (TPSA) is 46.3 Å². The van der Waals surface area contributed by atoms with Crippen molar-refractivity contribution < 1.29 is 9.32 Å². The molecular formula is C8H9ClN2O2. The summed E-state index contributed by atoms with van der Waals surface area (Å²) in [7, 11) is 0. The Morgan fingerprint density at radius 3 is 3.15 bits per heavy atom. The largest absolute Gasteiger partial charge is 0.364 e. The average molecular weight is 201 g/mol. The molecule has 70 valence electrons. The third-order valence-electron chi connectivity index (χ3n) is 2.01. The van der Waals surface area contributed by atoms with Crippen molar-refractivity contribution in [2.45, 2.75) is 18.3 Å². The number of hydrogen-bond acceptors (Lipinski definition) is 3. The molecule has 1 fully saturated rings. The maximum absolute atomic E-state index is 11.3. The molecule has 1 aromatic heterocycles. The molecule has 2 rings (SSSR count). The van der Waals surface area contributed by atoms with E-state index in [1.54, 1.807) is 11.0 Å². The lowest BCUT2D eigenvalue weighted by molar-refractivity contribution is -0.128. The van der Waals surface area contributed by atoms with Gasteiger partial charge in [0.25, 0.3) is 0 Å². The first kappa shape index (κ1) is 8.56. The van der Waals surface area contributed by atoms with Crippen LogP contribution in [0.1, 0.15) is 12.1 Å². The maximum Gasteiger partial charge on any atom is 0.224 e. The van der Waals surface area contributed by atoms with Crippen LogP contribution in [0, 0.1) is 0 Å². The molecule has 0 saturated carbocycles. The van der Waals surface area contributed by atoms with Gasteiger partial charge in [-0.3, -0.25) is 4.79 Å². The average Bonchev–Trinajstić information content (AvgIpc) is 2.63. The van der Waals surface area contributed by atoms with Crippen LogP contribution in [0.5, 0.6) is 0 Å². The number of rotatable bonds is 2. The second-order valence-electron chi connectivity index (χ2n) is 3.07. The van der Waals surface area contributed by atoms with Gasteiger partial charge >= 0.3 is 0 Å². The van der Waals surface area contributed by atoms with Crippen LogP contribution in [0.25, 0.3) is 0 Å². The molecule has 0 N–H and O–H groups in total. The molecule has 1 atom stereocenters. The fourth-order valence-electron chi connectivity index (χ4n) is 1.39. The smallest absolute Gasteiger partial charge is 0.224 e. The number of amides is 1. The Morgan fingerprint density at radius 2 is 2.62 bits per heavy atom. The van der Waals surface area contributed by atoms with Gasteiger partial charge < -0.3 is 9.42 Å². The predicted molar refractivity (Wildman–Crippen MR) is 46.2 cm³/mol. The number of nitrogens with zero attached hydrogens (tertiary/aromatic N) is 2. The van der Waals surface area contributed by atoms with Gasteiger partial charge in [0.1, 0.15) is 12.0 Å². The van der Waals surface area contributed by atoms with Crippen molar-refractivity contribution in [2.75, 3.05) is 6.54 Å². The molecule has 0 aliphatic carbocycles. The van der Waals surface area contributed by atoms with Crippen molar-refractivity contribution >= 4 is 17.5 Å². The highest BCUT2D eigenvalue weighted by Crippen LogP contribution is 2.17. The maximum atomic E-state index is 11.3. The van der Waals surface area contributed by atoms with Crippen LogP contribution in [0.2, 0.25) is 0 Å². The lowest BCUT2D eigenvalue weighted by atomic mass is 10.4. The quantitative estimate of drug-likeness (QED) is 0.670. The summed E-state index contributed by atoms with van der Waals surface area (Å²) in [4.78, 5) is 13.0. The van der Waals surface area contributed by atoms with Gasteiger partial charge in [-0.15, -0.1) is 11.6 Å². The summed E-state index contributed by atoms with van der Waals surface area (Å²) in [5.74, 6) is 0.0861. The van der Waals surface area contributed by atoms with E-state index in [4.69, 9.17) is 11.6 Å². The molecule has 1 unspecified atom stereocenters. The summed E-state index contributed by atoms with van der Waals surface area (Å²) in [6.45, 7) is 1.10. The summed E-state index contributed by atoms with van der Waals surface area (Å²) < 4.78 is 4.67. The van der Waals surface area contributed by atoms with Crippen LogP contribution in [0.4, 0.5) is 0 Å². The highest BCUT2D eigenvalue weighted by Gasteiger charge is 2.28. The molecule has 5 heteroatoms. The summed E-state index contributed by atoms with van der Waals surface area (Å²) in [6.07, 6.45) is 1.92. The molecule has 13 heavy (non-hydrogen) atoms. The number of hydrogen-bond donors (Lipinski definition) is 0. The van der Waals surface area contributed by atoms with Crippen LogP contribution >= 0.6 is 11.6 Å². The van der Waals surface area contributed by atoms with E-state index >= 15 is 0 Å². The Labute approximate surface area is 80.4 Å². The predicted octanol–water partition coefficient (Wildman–Crippen LogP) is 1.01. The molecule has 4 nitrogen and oxygen atoms in total. The minimum atomic E-state index is -0.0561. The van der Waals surface area contributed by atoms with Crippen molar-refractivity contribution in [1.29, 1.82) is 0 Å². The van der Waals surface area contributed by atoms with Gasteiger partial charge in [0.2, 0.25) is 5.91 Å². The highest BCUT2D eigenvalue weighted by molar-refractivity contribution is 6.22. The molecule has 1 aliphatic heterocycles. The molecule has 1 amide bonds. The molecular weight excluding hydrogens is 192 g/mol. The first-order valence-corrected chi connectivity index (χ1v) is 4.50. The number of halogens is 1. The van der Waals surface area contributed by atoms with E-state index in [9.17, 15) is 4.79 Å². The monoisotopic (exact) mass is 200 g/mol. The van der Waals surface area contributed by atoms with Gasteiger partial charge in [-0.1, -0.05) is 5.16 Å². The standard InChI is InChI=1S/C8H9ClN2O2/c9-6-3-8(12)11(4-6)5-7-1-2-13-10-7/h1-2,6H,3-5H2. The van der Waals surface area contributed by atoms with E-state index in [1.165, 1.54) is 6.26 Å². The Morgan fingerprint density at radius 1 is 1.77 bits per heavy atom. The minimum Gasteiger partial charge on any atom is -0.364 e. The highest BCUT2D eigenvalue weighted by atomic mass is 35.5. The number of alkyl halides is 1. The zero-order chi connectivity index (χ0) is 9.26. The van der Waals surface area contributed by atoms with E-state index in [1.807, 2.05) is 0 Å². The van der Waals surface area contributed by atoms with E-state index in [-0.39, 0.29) is 11.3 Å². The van der Waals surface area contributed by atoms with Crippen molar-refractivity contribution in [3.63, 3.8) is 0 Å². The molecule has 1 saturated heterocycles. The lowest BCUT2D eigenvalue weighted by Crippen LogP contribution is -2.24. The van der Waals surface area contributed by atoms with E-state index in [2.05, 4.69) is 9.68 Å². The minimum absolute atomic E-state index is 0.0561. The van der Waals surface area contributed by atoms with Crippen molar-refractivity contribution in [3.05, 3.63) is 18.0 Å². The molecule has 1 aliphatic rings. The van der Waals surface area contributed by atoms with Gasteiger partial charge in [0.15, 0.2) is 0 Å². The Balaban J connectivity index is 1.99. The van der Waals surface area contributed by atoms with Crippen LogP contribution < -0.4 is 0 Å². The number of aromatic nitrogens is 1. The second kappa shape index (κ2) is 3.38. The van der Waals surface area contributed by atoms with Crippen LogP contribution in [0.15, 0.2) is 16.9 Å². The van der Waals surface area contributed by atoms with Crippen molar-refractivity contribution in [1.82, 2.24) is 10.1 Å². The number of carbonyl (C=O) groups is 1. The Hall–Kier alpha value is -1.03. The fourth-order valence-corrected chi connectivity index (χ4v) is 1.69. The lowest BCUT2D eigenvalue weighted by Gasteiger charge is -2.12. The van der Waals surface area contributed by atoms with Crippen molar-refractivity contribution in [2.24, 2.45) is 0 Å². The summed E-state index contributed by atoms with van der Waals surface area (Å²) in [5.41, 5.74) is 0.763. The van der Waals surface area contributed by atoms with Crippen LogP contribution in [-0.4, -0.2) is 27.9 Å².